The Balaban J connectivity index is 1.38. The smallest absolute Gasteiger partial charge is 0.280 e. The van der Waals surface area contributed by atoms with Crippen molar-refractivity contribution in [2.75, 3.05) is 34.9 Å². The number of aliphatic imine (C=N–C) groups is 1. The lowest BCUT2D eigenvalue weighted by Crippen LogP contribution is -2.53. The number of ether oxygens (including phenoxy) is 4. The highest BCUT2D eigenvalue weighted by molar-refractivity contribution is 6.74. The normalized spacial score (nSPS) is 18.5. The minimum absolute atomic E-state index is 0.131. The van der Waals surface area contributed by atoms with E-state index in [9.17, 15) is 4.79 Å². The van der Waals surface area contributed by atoms with Crippen molar-refractivity contribution in [3.05, 3.63) is 148 Å². The van der Waals surface area contributed by atoms with Crippen molar-refractivity contribution >= 4 is 31.8 Å². The molecule has 1 aliphatic heterocycles. The number of H-pyrrole nitrogens is 1. The molecule has 0 spiro atoms. The van der Waals surface area contributed by atoms with Crippen LogP contribution in [0.1, 0.15) is 49.3 Å². The van der Waals surface area contributed by atoms with Crippen molar-refractivity contribution in [3.8, 4) is 11.5 Å². The van der Waals surface area contributed by atoms with Crippen LogP contribution in [0, 0.1) is 0 Å². The van der Waals surface area contributed by atoms with Crippen molar-refractivity contribution in [2.24, 2.45) is 4.99 Å². The zero-order chi connectivity index (χ0) is 43.4. The zero-order valence-corrected chi connectivity index (χ0v) is 37.5. The fourth-order valence-electron chi connectivity index (χ4n) is 7.44. The van der Waals surface area contributed by atoms with E-state index in [2.05, 4.69) is 78.4 Å². The Hall–Kier alpha value is -5.64. The molecule has 7 rings (SSSR count). The molecule has 0 saturated carbocycles. The van der Waals surface area contributed by atoms with E-state index < -0.39 is 44.0 Å². The number of fused-ring (bicyclic) bond motifs is 1. The molecule has 4 atom stereocenters. The summed E-state index contributed by atoms with van der Waals surface area (Å²) in [6, 6.07) is 36.0. The average Bonchev–Trinajstić information content (AvgIpc) is 3.83. The largest absolute Gasteiger partial charge is 0.497 e. The molecule has 14 heteroatoms. The second-order valence-electron chi connectivity index (χ2n) is 17.0. The van der Waals surface area contributed by atoms with E-state index in [4.69, 9.17) is 28.4 Å². The fraction of sp³-hybridized carbons (Fsp3) is 0.362. The summed E-state index contributed by atoms with van der Waals surface area (Å²) < 4.78 is 35.1. The van der Waals surface area contributed by atoms with Gasteiger partial charge in [0.15, 0.2) is 25.7 Å². The predicted molar refractivity (Wildman–Crippen MR) is 241 cm³/mol. The number of aromatic amines is 1. The third kappa shape index (κ3) is 9.19. The maximum Gasteiger partial charge on any atom is 0.280 e. The molecule has 0 radical (unpaired) electrons. The summed E-state index contributed by atoms with van der Waals surface area (Å²) in [6.45, 7) is 11.8. The van der Waals surface area contributed by atoms with Crippen LogP contribution < -0.4 is 20.3 Å². The number of nitrogens with zero attached hydrogens (tertiary/aromatic N) is 5. The Morgan fingerprint density at radius 3 is 2.00 bits per heavy atom. The summed E-state index contributed by atoms with van der Waals surface area (Å²) in [4.78, 5) is 31.7. The summed E-state index contributed by atoms with van der Waals surface area (Å²) in [7, 11) is 4.52. The van der Waals surface area contributed by atoms with Crippen LogP contribution in [0.3, 0.4) is 0 Å². The van der Waals surface area contributed by atoms with Gasteiger partial charge in [-0.25, -0.2) is 9.98 Å². The van der Waals surface area contributed by atoms with E-state index >= 15 is 0 Å². The van der Waals surface area contributed by atoms with Gasteiger partial charge in [0.1, 0.15) is 29.3 Å². The number of rotatable bonds is 16. The minimum Gasteiger partial charge on any atom is -0.497 e. The molecule has 0 amide bonds. The molecule has 320 valence electrons. The van der Waals surface area contributed by atoms with E-state index in [0.29, 0.717) is 12.2 Å². The fourth-order valence-corrected chi connectivity index (χ4v) is 8.74. The number of hydrogen-bond acceptors (Lipinski definition) is 10. The molecule has 1 fully saturated rings. The summed E-state index contributed by atoms with van der Waals surface area (Å²) in [6.07, 6.45) is 1.31. The van der Waals surface area contributed by atoms with Gasteiger partial charge in [-0.15, -0.1) is 0 Å². The highest BCUT2D eigenvalue weighted by Gasteiger charge is 2.52. The van der Waals surface area contributed by atoms with Gasteiger partial charge in [-0.05, 0) is 64.7 Å². The van der Waals surface area contributed by atoms with E-state index in [1.807, 2.05) is 104 Å². The Kier molecular flexibility index (Phi) is 12.9. The first kappa shape index (κ1) is 43.4. The van der Waals surface area contributed by atoms with Crippen LogP contribution >= 0.6 is 0 Å². The van der Waals surface area contributed by atoms with Gasteiger partial charge in [-0.2, -0.15) is 4.98 Å². The Morgan fingerprint density at radius 1 is 0.869 bits per heavy atom. The van der Waals surface area contributed by atoms with Crippen LogP contribution in [0.25, 0.3) is 11.2 Å². The summed E-state index contributed by atoms with van der Waals surface area (Å²) in [5.41, 5.74) is 2.84. The predicted octanol–water partition coefficient (Wildman–Crippen LogP) is 7.81. The molecule has 13 nitrogen and oxygen atoms in total. The van der Waals surface area contributed by atoms with Crippen LogP contribution in [0.4, 0.5) is 5.95 Å². The first-order chi connectivity index (χ1) is 29.2. The maximum atomic E-state index is 13.4. The average molecular weight is 844 g/mol. The van der Waals surface area contributed by atoms with Gasteiger partial charge >= 0.3 is 0 Å². The van der Waals surface area contributed by atoms with Gasteiger partial charge in [0, 0.05) is 20.6 Å². The van der Waals surface area contributed by atoms with Gasteiger partial charge in [0.05, 0.1) is 39.5 Å². The van der Waals surface area contributed by atoms with Crippen LogP contribution in [-0.2, 0) is 26.0 Å². The zero-order valence-electron chi connectivity index (χ0n) is 36.5. The number of imidazole rings is 1. The number of methoxy groups -OCH3 is 2. The van der Waals surface area contributed by atoms with Gasteiger partial charge in [-0.3, -0.25) is 14.3 Å². The summed E-state index contributed by atoms with van der Waals surface area (Å²) >= 11 is 0. The van der Waals surface area contributed by atoms with Crippen molar-refractivity contribution in [3.63, 3.8) is 0 Å². The topological polar surface area (TPSA) is 137 Å². The monoisotopic (exact) mass is 843 g/mol. The molecule has 4 aromatic carbocycles. The van der Waals surface area contributed by atoms with Crippen molar-refractivity contribution in [2.45, 2.75) is 75.5 Å². The third-order valence-electron chi connectivity index (χ3n) is 11.7. The molecule has 1 aliphatic rings. The van der Waals surface area contributed by atoms with E-state index in [0.717, 1.165) is 33.8 Å². The molecule has 1 saturated heterocycles. The van der Waals surface area contributed by atoms with Crippen LogP contribution in [0.5, 0.6) is 11.5 Å². The van der Waals surface area contributed by atoms with Crippen molar-refractivity contribution in [1.29, 1.82) is 0 Å². The maximum absolute atomic E-state index is 13.4. The Bertz CT molecular complexity index is 2400. The molecule has 0 unspecified atom stereocenters. The third-order valence-corrected chi connectivity index (χ3v) is 16.2. The number of nitrogens with one attached hydrogen (secondary N) is 2. The quantitative estimate of drug-likeness (QED) is 0.0430. The molecule has 0 aliphatic carbocycles. The molecular formula is C47H57N7O6Si. The first-order valence-corrected chi connectivity index (χ1v) is 23.4. The molecular weight excluding hydrogens is 787 g/mol. The van der Waals surface area contributed by atoms with Crippen LogP contribution in [-0.4, -0.2) is 92.2 Å². The van der Waals surface area contributed by atoms with Gasteiger partial charge < -0.3 is 33.6 Å². The van der Waals surface area contributed by atoms with Gasteiger partial charge in [-0.1, -0.05) is 106 Å². The Labute approximate surface area is 358 Å². The molecule has 6 aromatic rings. The number of aromatic nitrogens is 4. The lowest BCUT2D eigenvalue weighted by Gasteiger charge is -2.41. The summed E-state index contributed by atoms with van der Waals surface area (Å²) in [5, 5.41) is 3.72. The molecule has 0 bridgehead atoms. The second kappa shape index (κ2) is 18.1. The summed E-state index contributed by atoms with van der Waals surface area (Å²) in [5.74, 6) is 1.61. The van der Waals surface area contributed by atoms with Gasteiger partial charge in [0.25, 0.3) is 5.56 Å². The van der Waals surface area contributed by atoms with E-state index in [1.54, 1.807) is 31.8 Å². The Morgan fingerprint density at radius 2 is 1.44 bits per heavy atom. The molecule has 2 aromatic heterocycles. The van der Waals surface area contributed by atoms with Crippen LogP contribution in [0.2, 0.25) is 18.1 Å². The number of hydrogen-bond donors (Lipinski definition) is 2. The van der Waals surface area contributed by atoms with Crippen LogP contribution in [0.15, 0.2) is 125 Å². The van der Waals surface area contributed by atoms with Crippen molar-refractivity contribution in [1.82, 2.24) is 29.7 Å². The van der Waals surface area contributed by atoms with Gasteiger partial charge in [0.2, 0.25) is 5.95 Å². The molecule has 61 heavy (non-hydrogen) atoms. The van der Waals surface area contributed by atoms with Crippen molar-refractivity contribution < 1.29 is 23.4 Å². The molecule has 2 N–H and O–H groups in total. The lowest BCUT2D eigenvalue weighted by molar-refractivity contribution is -0.0859. The highest BCUT2D eigenvalue weighted by Crippen LogP contribution is 2.45. The molecule has 3 heterocycles. The minimum atomic E-state index is -2.49. The van der Waals surface area contributed by atoms with E-state index in [1.165, 1.54) is 0 Å². The number of benzene rings is 4. The lowest BCUT2D eigenvalue weighted by atomic mass is 9.80. The SMILES string of the molecule is COc1ccc(C(OC[C@H]2O[C@@H](n3cnc4c(=O)[nH]c(N=CN(C)C)nc43)[C@H](O[Si](C)(C)C(C)(C)C)[C@@H]2NCc2ccccc2)(c2ccccc2)c2ccc(OC)cc2)cc1. The van der Waals surface area contributed by atoms with E-state index in [-0.39, 0.29) is 23.1 Å². The first-order valence-electron chi connectivity index (χ1n) is 20.5. The highest BCUT2D eigenvalue weighted by atomic mass is 28.4. The standard InChI is InChI=1S/C47H57N7O6Si/c1-46(2,3)61(8,9)60-41-39(48-28-32-16-12-10-13-17-32)38(59-44(41)54-31-49-40-42(54)51-45(52-43(40)55)50-30-53(4)5)29-58-47(33-18-14-11-15-19-33,34-20-24-36(56-6)25-21-34)35-22-26-37(57-7)27-23-35/h10-27,30-31,38-39,41,44,48H,28-29H2,1-9H3,(H,51,52,55)/t38-,39-,41-,44-/m1/s1. The second-order valence-corrected chi connectivity index (χ2v) is 21.8.